The first-order chi connectivity index (χ1) is 13.7. The van der Waals surface area contributed by atoms with Crippen molar-refractivity contribution in [1.29, 1.82) is 0 Å². The summed E-state index contributed by atoms with van der Waals surface area (Å²) >= 11 is 0. The molecule has 0 saturated heterocycles. The van der Waals surface area contributed by atoms with Crippen molar-refractivity contribution in [2.24, 2.45) is 0 Å². The van der Waals surface area contributed by atoms with Gasteiger partial charge in [-0.05, 0) is 58.8 Å². The lowest BCUT2D eigenvalue weighted by Gasteiger charge is -2.16. The second-order valence-corrected chi connectivity index (χ2v) is 6.58. The molecule has 4 aromatic rings. The van der Waals surface area contributed by atoms with Crippen molar-refractivity contribution in [3.63, 3.8) is 0 Å². The highest BCUT2D eigenvalue weighted by Gasteiger charge is 2.10. The van der Waals surface area contributed by atoms with Crippen LogP contribution in [0, 0.1) is 5.82 Å². The van der Waals surface area contributed by atoms with E-state index in [4.69, 9.17) is 4.74 Å². The predicted octanol–water partition coefficient (Wildman–Crippen LogP) is 5.88. The third kappa shape index (κ3) is 4.07. The van der Waals surface area contributed by atoms with Gasteiger partial charge in [-0.1, -0.05) is 42.5 Å². The molecule has 3 nitrogen and oxygen atoms in total. The minimum absolute atomic E-state index is 0.235. The maximum atomic E-state index is 13.1. The van der Waals surface area contributed by atoms with E-state index in [0.717, 1.165) is 33.3 Å². The van der Waals surface area contributed by atoms with Gasteiger partial charge in [-0.2, -0.15) is 0 Å². The van der Waals surface area contributed by atoms with E-state index in [1.54, 1.807) is 24.3 Å². The van der Waals surface area contributed by atoms with Crippen LogP contribution in [-0.2, 0) is 13.2 Å². The van der Waals surface area contributed by atoms with E-state index in [1.807, 2.05) is 36.4 Å². The van der Waals surface area contributed by atoms with E-state index in [1.165, 1.54) is 12.1 Å². The fourth-order valence-corrected chi connectivity index (χ4v) is 3.14. The second-order valence-electron chi connectivity index (χ2n) is 6.58. The Morgan fingerprint density at radius 1 is 0.821 bits per heavy atom. The van der Waals surface area contributed by atoms with Gasteiger partial charge in [-0.25, -0.2) is 4.39 Å². The Morgan fingerprint density at radius 3 is 2.36 bits per heavy atom. The molecule has 0 aliphatic rings. The van der Waals surface area contributed by atoms with E-state index in [0.29, 0.717) is 13.2 Å². The molecule has 4 aromatic carbocycles. The highest BCUT2D eigenvalue weighted by atomic mass is 19.1. The van der Waals surface area contributed by atoms with Crippen LogP contribution < -0.4 is 10.1 Å². The number of anilines is 1. The van der Waals surface area contributed by atoms with E-state index < -0.39 is 0 Å². The zero-order valence-electron chi connectivity index (χ0n) is 15.2. The third-order valence-corrected chi connectivity index (χ3v) is 4.64. The quantitative estimate of drug-likeness (QED) is 0.415. The summed E-state index contributed by atoms with van der Waals surface area (Å²) in [6.07, 6.45) is 0. The van der Waals surface area contributed by atoms with Crippen molar-refractivity contribution in [1.82, 2.24) is 0 Å². The van der Waals surface area contributed by atoms with Crippen LogP contribution in [0.3, 0.4) is 0 Å². The number of fused-ring (bicyclic) bond motifs is 1. The van der Waals surface area contributed by atoms with E-state index in [9.17, 15) is 9.50 Å². The molecule has 140 valence electrons. The summed E-state index contributed by atoms with van der Waals surface area (Å²) in [5, 5.41) is 15.1. The first-order valence-corrected chi connectivity index (χ1v) is 9.10. The summed E-state index contributed by atoms with van der Waals surface area (Å²) in [6.45, 7) is 0.940. The number of benzene rings is 4. The number of phenolic OH excluding ortho intramolecular Hbond substituents is 1. The van der Waals surface area contributed by atoms with Gasteiger partial charge >= 0.3 is 0 Å². The molecule has 0 bridgehead atoms. The number of ether oxygens (including phenoxy) is 1. The van der Waals surface area contributed by atoms with Gasteiger partial charge in [0.25, 0.3) is 0 Å². The van der Waals surface area contributed by atoms with Crippen LogP contribution >= 0.6 is 0 Å². The van der Waals surface area contributed by atoms with Crippen LogP contribution in [0.5, 0.6) is 11.5 Å². The second kappa shape index (κ2) is 8.01. The van der Waals surface area contributed by atoms with Gasteiger partial charge in [-0.15, -0.1) is 0 Å². The fourth-order valence-electron chi connectivity index (χ4n) is 3.14. The maximum Gasteiger partial charge on any atom is 0.125 e. The fraction of sp³-hybridized carbons (Fsp3) is 0.0833. The average Bonchev–Trinajstić information content (AvgIpc) is 2.73. The molecular weight excluding hydrogens is 353 g/mol. The van der Waals surface area contributed by atoms with Gasteiger partial charge in [0.1, 0.15) is 23.9 Å². The van der Waals surface area contributed by atoms with Gasteiger partial charge in [0, 0.05) is 17.8 Å². The Morgan fingerprint density at radius 2 is 1.57 bits per heavy atom. The molecule has 0 saturated carbocycles. The van der Waals surface area contributed by atoms with Gasteiger partial charge < -0.3 is 15.2 Å². The number of halogens is 1. The summed E-state index contributed by atoms with van der Waals surface area (Å²) in [4.78, 5) is 0. The normalized spacial score (nSPS) is 10.8. The van der Waals surface area contributed by atoms with Crippen molar-refractivity contribution in [3.8, 4) is 11.5 Å². The topological polar surface area (TPSA) is 41.5 Å². The Bertz CT molecular complexity index is 1080. The molecule has 0 radical (unpaired) electrons. The summed E-state index contributed by atoms with van der Waals surface area (Å²) in [6, 6.07) is 25.5. The number of phenols is 1. The SMILES string of the molecule is Oc1ccc(NCc2c(OCc3ccc(F)cc3)ccc3ccccc23)cc1. The van der Waals surface area contributed by atoms with Crippen molar-refractivity contribution in [3.05, 3.63) is 102 Å². The van der Waals surface area contributed by atoms with Crippen molar-refractivity contribution in [2.45, 2.75) is 13.2 Å². The standard InChI is InChI=1S/C24H20FNO2/c25-19-8-5-17(6-9-19)16-28-24-14-7-18-3-1-2-4-22(18)23(24)15-26-20-10-12-21(27)13-11-20/h1-14,26-27H,15-16H2. The molecule has 0 aliphatic carbocycles. The Balaban J connectivity index is 1.60. The zero-order chi connectivity index (χ0) is 19.3. The number of hydrogen-bond acceptors (Lipinski definition) is 3. The summed E-state index contributed by atoms with van der Waals surface area (Å²) < 4.78 is 19.2. The van der Waals surface area contributed by atoms with Crippen molar-refractivity contribution >= 4 is 16.5 Å². The molecule has 4 rings (SSSR count). The first-order valence-electron chi connectivity index (χ1n) is 9.10. The molecule has 2 N–H and O–H groups in total. The minimum atomic E-state index is -0.256. The molecule has 0 aromatic heterocycles. The van der Waals surface area contributed by atoms with Crippen LogP contribution in [0.4, 0.5) is 10.1 Å². The third-order valence-electron chi connectivity index (χ3n) is 4.64. The van der Waals surface area contributed by atoms with Gasteiger partial charge in [0.2, 0.25) is 0 Å². The number of rotatable bonds is 6. The van der Waals surface area contributed by atoms with Crippen molar-refractivity contribution in [2.75, 3.05) is 5.32 Å². The molecule has 0 spiro atoms. The Kier molecular flexibility index (Phi) is 5.11. The minimum Gasteiger partial charge on any atom is -0.508 e. The molecular formula is C24H20FNO2. The maximum absolute atomic E-state index is 13.1. The van der Waals surface area contributed by atoms with Crippen LogP contribution in [-0.4, -0.2) is 5.11 Å². The Labute approximate surface area is 163 Å². The highest BCUT2D eigenvalue weighted by Crippen LogP contribution is 2.30. The lowest BCUT2D eigenvalue weighted by Crippen LogP contribution is -2.04. The Hall–Kier alpha value is -3.53. The molecule has 0 aliphatic heterocycles. The van der Waals surface area contributed by atoms with E-state index in [2.05, 4.69) is 17.4 Å². The van der Waals surface area contributed by atoms with E-state index >= 15 is 0 Å². The molecule has 0 amide bonds. The van der Waals surface area contributed by atoms with Crippen LogP contribution in [0.15, 0.2) is 84.9 Å². The van der Waals surface area contributed by atoms with Gasteiger partial charge in [0.05, 0.1) is 0 Å². The first kappa shape index (κ1) is 17.9. The van der Waals surface area contributed by atoms with Gasteiger partial charge in [-0.3, -0.25) is 0 Å². The average molecular weight is 373 g/mol. The molecule has 0 fully saturated rings. The van der Waals surface area contributed by atoms with Crippen LogP contribution in [0.1, 0.15) is 11.1 Å². The highest BCUT2D eigenvalue weighted by molar-refractivity contribution is 5.88. The number of hydrogen-bond donors (Lipinski definition) is 2. The molecule has 0 heterocycles. The molecule has 4 heteroatoms. The van der Waals surface area contributed by atoms with E-state index in [-0.39, 0.29) is 11.6 Å². The number of nitrogens with one attached hydrogen (secondary N) is 1. The summed E-state index contributed by atoms with van der Waals surface area (Å²) in [5.41, 5.74) is 2.87. The lowest BCUT2D eigenvalue weighted by molar-refractivity contribution is 0.303. The smallest absolute Gasteiger partial charge is 0.125 e. The van der Waals surface area contributed by atoms with Crippen molar-refractivity contribution < 1.29 is 14.2 Å². The summed E-state index contributed by atoms with van der Waals surface area (Å²) in [5.74, 6) is 0.765. The monoisotopic (exact) mass is 373 g/mol. The van der Waals surface area contributed by atoms with Crippen LogP contribution in [0.2, 0.25) is 0 Å². The molecule has 28 heavy (non-hydrogen) atoms. The largest absolute Gasteiger partial charge is 0.508 e. The number of aromatic hydroxyl groups is 1. The molecule has 0 atom stereocenters. The zero-order valence-corrected chi connectivity index (χ0v) is 15.2. The van der Waals surface area contributed by atoms with Gasteiger partial charge in [0.15, 0.2) is 0 Å². The predicted molar refractivity (Wildman–Crippen MR) is 110 cm³/mol. The lowest BCUT2D eigenvalue weighted by atomic mass is 10.0. The summed E-state index contributed by atoms with van der Waals surface area (Å²) in [7, 11) is 0. The molecule has 0 unspecified atom stereocenters. The van der Waals surface area contributed by atoms with Crippen LogP contribution in [0.25, 0.3) is 10.8 Å².